The van der Waals surface area contributed by atoms with Gasteiger partial charge in [0.2, 0.25) is 0 Å². The number of hydrogen-bond donors (Lipinski definition) is 1. The predicted octanol–water partition coefficient (Wildman–Crippen LogP) is 1.75. The molecule has 0 atom stereocenters. The molecule has 0 aliphatic carbocycles. The minimum atomic E-state index is -0.496. The van der Waals surface area contributed by atoms with Crippen LogP contribution in [0.5, 0.6) is 5.75 Å². The predicted molar refractivity (Wildman–Crippen MR) is 67.5 cm³/mol. The lowest BCUT2D eigenvalue weighted by atomic mass is 10.1. The molecule has 0 fully saturated rings. The lowest BCUT2D eigenvalue weighted by molar-refractivity contribution is 0.0511. The third-order valence-electron chi connectivity index (χ3n) is 2.65. The van der Waals surface area contributed by atoms with Crippen molar-refractivity contribution in [1.82, 2.24) is 4.98 Å². The van der Waals surface area contributed by atoms with E-state index in [2.05, 4.69) is 4.98 Å². The number of hydrogen-bond acceptors (Lipinski definition) is 5. The first-order chi connectivity index (χ1) is 9.22. The summed E-state index contributed by atoms with van der Waals surface area (Å²) >= 11 is 0. The van der Waals surface area contributed by atoms with E-state index in [1.165, 1.54) is 14.2 Å². The van der Waals surface area contributed by atoms with Gasteiger partial charge in [-0.25, -0.2) is 4.79 Å². The number of rotatable bonds is 5. The van der Waals surface area contributed by atoms with Crippen molar-refractivity contribution in [3.8, 4) is 5.75 Å². The Kier molecular flexibility index (Phi) is 3.82. The molecule has 0 radical (unpaired) electrons. The number of fused-ring (bicyclic) bond motifs is 1. The van der Waals surface area contributed by atoms with Gasteiger partial charge in [-0.15, -0.1) is 0 Å². The fraction of sp³-hybridized carbons (Fsp3) is 0.231. The summed E-state index contributed by atoms with van der Waals surface area (Å²) in [7, 11) is 2.76. The highest BCUT2D eigenvalue weighted by molar-refractivity contribution is 6.09. The molecule has 1 N–H and O–H groups in total. The fourth-order valence-electron chi connectivity index (χ4n) is 1.87. The number of aromatic amines is 1. The Balaban J connectivity index is 2.67. The maximum absolute atomic E-state index is 11.7. The van der Waals surface area contributed by atoms with Crippen LogP contribution in [0.1, 0.15) is 20.8 Å². The Morgan fingerprint density at radius 1 is 1.37 bits per heavy atom. The van der Waals surface area contributed by atoms with Crippen LogP contribution >= 0.6 is 0 Å². The summed E-state index contributed by atoms with van der Waals surface area (Å²) in [5.74, 6) is -0.211. The highest BCUT2D eigenvalue weighted by Crippen LogP contribution is 2.32. The van der Waals surface area contributed by atoms with Crippen molar-refractivity contribution >= 4 is 23.2 Å². The molecule has 0 saturated heterocycles. The molecule has 0 aliphatic rings. The molecule has 1 aromatic heterocycles. The first kappa shape index (κ1) is 13.1. The summed E-state index contributed by atoms with van der Waals surface area (Å²) in [6.07, 6.45) is 0.631. The molecular formula is C13H13NO5. The average Bonchev–Trinajstić information content (AvgIpc) is 2.81. The number of methoxy groups -OCH3 is 2. The quantitative estimate of drug-likeness (QED) is 0.505. The van der Waals surface area contributed by atoms with E-state index in [0.29, 0.717) is 22.8 Å². The van der Waals surface area contributed by atoms with Crippen molar-refractivity contribution in [2.24, 2.45) is 0 Å². The summed E-state index contributed by atoms with van der Waals surface area (Å²) in [6, 6.07) is 5.05. The van der Waals surface area contributed by atoms with Crippen molar-refractivity contribution in [1.29, 1.82) is 0 Å². The Morgan fingerprint density at radius 2 is 2.16 bits per heavy atom. The Labute approximate surface area is 109 Å². The zero-order valence-electron chi connectivity index (χ0n) is 10.6. The molecule has 0 spiro atoms. The summed E-state index contributed by atoms with van der Waals surface area (Å²) in [4.78, 5) is 25.7. The molecule has 1 heterocycles. The minimum absolute atomic E-state index is 0.0245. The Bertz CT molecular complexity index is 617. The van der Waals surface area contributed by atoms with Gasteiger partial charge in [0.05, 0.1) is 23.6 Å². The number of carbonyl (C=O) groups is 2. The van der Waals surface area contributed by atoms with Crippen LogP contribution in [-0.2, 0) is 9.47 Å². The van der Waals surface area contributed by atoms with E-state index in [4.69, 9.17) is 14.2 Å². The highest BCUT2D eigenvalue weighted by atomic mass is 16.7. The van der Waals surface area contributed by atoms with E-state index >= 15 is 0 Å². The molecule has 1 aromatic carbocycles. The van der Waals surface area contributed by atoms with E-state index in [1.807, 2.05) is 0 Å². The molecule has 0 aliphatic heterocycles. The SMILES string of the molecule is COCOc1c(C=O)[nH]c2cccc(C(=O)OC)c12. The number of ether oxygens (including phenoxy) is 3. The zero-order valence-corrected chi connectivity index (χ0v) is 10.6. The van der Waals surface area contributed by atoms with Crippen molar-refractivity contribution in [3.05, 3.63) is 29.5 Å². The van der Waals surface area contributed by atoms with E-state index < -0.39 is 5.97 Å². The van der Waals surface area contributed by atoms with Crippen molar-refractivity contribution < 1.29 is 23.8 Å². The number of carbonyl (C=O) groups excluding carboxylic acids is 2. The average molecular weight is 263 g/mol. The molecule has 2 rings (SSSR count). The molecule has 19 heavy (non-hydrogen) atoms. The van der Waals surface area contributed by atoms with Gasteiger partial charge in [0.25, 0.3) is 0 Å². The van der Waals surface area contributed by atoms with Crippen molar-refractivity contribution in [3.63, 3.8) is 0 Å². The van der Waals surface area contributed by atoms with Crippen LogP contribution in [0.2, 0.25) is 0 Å². The van der Waals surface area contributed by atoms with Gasteiger partial charge in [-0.05, 0) is 12.1 Å². The largest absolute Gasteiger partial charge is 0.465 e. The molecule has 0 amide bonds. The number of aldehydes is 1. The molecule has 6 heteroatoms. The maximum Gasteiger partial charge on any atom is 0.338 e. The van der Waals surface area contributed by atoms with Gasteiger partial charge in [0, 0.05) is 7.11 Å². The minimum Gasteiger partial charge on any atom is -0.465 e. The van der Waals surface area contributed by atoms with Gasteiger partial charge >= 0.3 is 5.97 Å². The van der Waals surface area contributed by atoms with Crippen LogP contribution in [-0.4, -0.2) is 38.3 Å². The van der Waals surface area contributed by atoms with Gasteiger partial charge < -0.3 is 19.2 Å². The summed E-state index contributed by atoms with van der Waals surface area (Å²) in [5.41, 5.74) is 1.20. The lowest BCUT2D eigenvalue weighted by Gasteiger charge is -2.06. The van der Waals surface area contributed by atoms with Crippen LogP contribution in [0.3, 0.4) is 0 Å². The summed E-state index contributed by atoms with van der Waals surface area (Å²) in [5, 5.41) is 0.508. The molecule has 0 bridgehead atoms. The van der Waals surface area contributed by atoms with E-state index in [1.54, 1.807) is 18.2 Å². The van der Waals surface area contributed by atoms with Gasteiger partial charge in [-0.2, -0.15) is 0 Å². The van der Waals surface area contributed by atoms with Crippen LogP contribution < -0.4 is 4.74 Å². The number of esters is 1. The van der Waals surface area contributed by atoms with Gasteiger partial charge in [0.1, 0.15) is 5.69 Å². The number of benzene rings is 1. The normalized spacial score (nSPS) is 10.4. The standard InChI is InChI=1S/C13H13NO5/c1-17-7-19-12-10(6-15)14-9-5-3-4-8(11(9)12)13(16)18-2/h3-6,14H,7H2,1-2H3. The third-order valence-corrected chi connectivity index (χ3v) is 2.65. The molecule has 100 valence electrons. The zero-order chi connectivity index (χ0) is 13.8. The second-order valence-corrected chi connectivity index (χ2v) is 3.76. The van der Waals surface area contributed by atoms with Crippen molar-refractivity contribution in [2.45, 2.75) is 0 Å². The topological polar surface area (TPSA) is 77.6 Å². The molecule has 0 saturated carbocycles. The fourth-order valence-corrected chi connectivity index (χ4v) is 1.87. The Morgan fingerprint density at radius 3 is 2.79 bits per heavy atom. The number of nitrogens with one attached hydrogen (secondary N) is 1. The molecule has 0 unspecified atom stereocenters. The van der Waals surface area contributed by atoms with Crippen LogP contribution in [0.15, 0.2) is 18.2 Å². The molecule has 6 nitrogen and oxygen atoms in total. The van der Waals surface area contributed by atoms with Crippen LogP contribution in [0.25, 0.3) is 10.9 Å². The summed E-state index contributed by atoms with van der Waals surface area (Å²) in [6.45, 7) is -0.0245. The smallest absolute Gasteiger partial charge is 0.338 e. The molecule has 2 aromatic rings. The maximum atomic E-state index is 11.7. The van der Waals surface area contributed by atoms with Gasteiger partial charge in [-0.3, -0.25) is 4.79 Å². The lowest BCUT2D eigenvalue weighted by Crippen LogP contribution is -2.04. The van der Waals surface area contributed by atoms with E-state index in [9.17, 15) is 9.59 Å². The van der Waals surface area contributed by atoms with E-state index in [-0.39, 0.29) is 18.2 Å². The van der Waals surface area contributed by atoms with Gasteiger partial charge in [0.15, 0.2) is 18.8 Å². The number of aromatic nitrogens is 1. The first-order valence-electron chi connectivity index (χ1n) is 5.52. The second kappa shape index (κ2) is 5.53. The Hall–Kier alpha value is -2.34. The first-order valence-corrected chi connectivity index (χ1v) is 5.52. The van der Waals surface area contributed by atoms with Crippen LogP contribution in [0.4, 0.5) is 0 Å². The number of H-pyrrole nitrogens is 1. The second-order valence-electron chi connectivity index (χ2n) is 3.76. The van der Waals surface area contributed by atoms with Crippen molar-refractivity contribution in [2.75, 3.05) is 21.0 Å². The monoisotopic (exact) mass is 263 g/mol. The highest BCUT2D eigenvalue weighted by Gasteiger charge is 2.19. The van der Waals surface area contributed by atoms with Crippen LogP contribution in [0, 0.1) is 0 Å². The third kappa shape index (κ3) is 2.30. The van der Waals surface area contributed by atoms with E-state index in [0.717, 1.165) is 0 Å². The summed E-state index contributed by atoms with van der Waals surface area (Å²) < 4.78 is 14.9. The van der Waals surface area contributed by atoms with Gasteiger partial charge in [-0.1, -0.05) is 6.07 Å². The molecular weight excluding hydrogens is 250 g/mol.